The van der Waals surface area contributed by atoms with Crippen LogP contribution in [0.1, 0.15) is 10.4 Å². The molecule has 0 fully saturated rings. The summed E-state index contributed by atoms with van der Waals surface area (Å²) in [5, 5.41) is -0.924. The quantitative estimate of drug-likeness (QED) is 0.535. The van der Waals surface area contributed by atoms with Crippen molar-refractivity contribution in [1.82, 2.24) is 4.98 Å². The highest BCUT2D eigenvalue weighted by molar-refractivity contribution is 7.86. The number of carbonyl (C=O) groups is 1. The standard InChI is InChI=1S/C7H6FNO4S/c1-13-7(10)5-3-2-4-9-6(5)14(8,11)12/h2-4H,1H3. The van der Waals surface area contributed by atoms with Gasteiger partial charge in [-0.2, -0.15) is 8.42 Å². The Morgan fingerprint density at radius 1 is 1.57 bits per heavy atom. The Morgan fingerprint density at radius 3 is 2.71 bits per heavy atom. The van der Waals surface area contributed by atoms with Gasteiger partial charge in [0.25, 0.3) is 0 Å². The van der Waals surface area contributed by atoms with E-state index in [1.807, 2.05) is 0 Å². The number of halogens is 1. The minimum Gasteiger partial charge on any atom is -0.465 e. The number of hydrogen-bond acceptors (Lipinski definition) is 5. The highest BCUT2D eigenvalue weighted by atomic mass is 32.3. The number of hydrogen-bond donors (Lipinski definition) is 0. The van der Waals surface area contributed by atoms with E-state index in [2.05, 4.69) is 9.72 Å². The molecule has 0 bridgehead atoms. The van der Waals surface area contributed by atoms with Gasteiger partial charge in [-0.15, -0.1) is 0 Å². The SMILES string of the molecule is COC(=O)c1cccnc1S(=O)(=O)F. The molecule has 0 amide bonds. The largest absolute Gasteiger partial charge is 0.465 e. The molecule has 0 aliphatic rings. The van der Waals surface area contributed by atoms with Crippen molar-refractivity contribution < 1.29 is 21.8 Å². The van der Waals surface area contributed by atoms with Gasteiger partial charge >= 0.3 is 16.2 Å². The lowest BCUT2D eigenvalue weighted by Crippen LogP contribution is -2.09. The second-order valence-electron chi connectivity index (χ2n) is 2.29. The highest BCUT2D eigenvalue weighted by Crippen LogP contribution is 2.15. The predicted molar refractivity (Wildman–Crippen MR) is 43.9 cm³/mol. The van der Waals surface area contributed by atoms with Crippen molar-refractivity contribution in [2.24, 2.45) is 0 Å². The van der Waals surface area contributed by atoms with Crippen molar-refractivity contribution in [3.63, 3.8) is 0 Å². The summed E-state index contributed by atoms with van der Waals surface area (Å²) < 4.78 is 37.9. The molecule has 0 radical (unpaired) electrons. The molecule has 0 aliphatic carbocycles. The molecule has 1 aromatic heterocycles. The zero-order valence-electron chi connectivity index (χ0n) is 7.10. The molecular formula is C7H6FNO4S. The fourth-order valence-corrected chi connectivity index (χ4v) is 1.45. The van der Waals surface area contributed by atoms with Crippen molar-refractivity contribution in [3.8, 4) is 0 Å². The van der Waals surface area contributed by atoms with Crippen LogP contribution in [0.2, 0.25) is 0 Å². The van der Waals surface area contributed by atoms with E-state index in [9.17, 15) is 17.1 Å². The number of nitrogens with zero attached hydrogens (tertiary/aromatic N) is 1. The van der Waals surface area contributed by atoms with Gasteiger partial charge in [-0.3, -0.25) is 0 Å². The zero-order chi connectivity index (χ0) is 10.8. The van der Waals surface area contributed by atoms with Gasteiger partial charge in [0, 0.05) is 6.20 Å². The lowest BCUT2D eigenvalue weighted by Gasteiger charge is -2.01. The first-order chi connectivity index (χ1) is 6.46. The number of esters is 1. The number of aromatic nitrogens is 1. The maximum atomic E-state index is 12.6. The summed E-state index contributed by atoms with van der Waals surface area (Å²) in [6.07, 6.45) is 1.07. The molecule has 76 valence electrons. The monoisotopic (exact) mass is 219 g/mol. The number of methoxy groups -OCH3 is 1. The van der Waals surface area contributed by atoms with Crippen LogP contribution >= 0.6 is 0 Å². The summed E-state index contributed by atoms with van der Waals surface area (Å²) in [5.74, 6) is -0.950. The van der Waals surface area contributed by atoms with Gasteiger partial charge in [0.05, 0.1) is 12.7 Å². The van der Waals surface area contributed by atoms with Gasteiger partial charge in [-0.25, -0.2) is 9.78 Å². The average Bonchev–Trinajstić information content (AvgIpc) is 2.15. The fourth-order valence-electron chi connectivity index (χ4n) is 0.850. The number of rotatable bonds is 2. The van der Waals surface area contributed by atoms with E-state index in [0.717, 1.165) is 19.4 Å². The summed E-state index contributed by atoms with van der Waals surface area (Å²) in [6, 6.07) is 2.42. The van der Waals surface area contributed by atoms with E-state index in [1.165, 1.54) is 6.07 Å². The van der Waals surface area contributed by atoms with Crippen LogP contribution in [0, 0.1) is 0 Å². The van der Waals surface area contributed by atoms with Gasteiger partial charge in [0.1, 0.15) is 0 Å². The number of pyridine rings is 1. The first-order valence-corrected chi connectivity index (χ1v) is 4.83. The van der Waals surface area contributed by atoms with Crippen molar-refractivity contribution in [1.29, 1.82) is 0 Å². The lowest BCUT2D eigenvalue weighted by molar-refractivity contribution is 0.0595. The highest BCUT2D eigenvalue weighted by Gasteiger charge is 2.23. The number of ether oxygens (including phenoxy) is 1. The van der Waals surface area contributed by atoms with Crippen LogP contribution in [0.4, 0.5) is 3.89 Å². The van der Waals surface area contributed by atoms with Crippen LogP contribution in [0.3, 0.4) is 0 Å². The summed E-state index contributed by atoms with van der Waals surface area (Å²) >= 11 is 0. The molecular weight excluding hydrogens is 213 g/mol. The van der Waals surface area contributed by atoms with Crippen molar-refractivity contribution >= 4 is 16.2 Å². The molecule has 0 aliphatic heterocycles. The van der Waals surface area contributed by atoms with Crippen LogP contribution in [-0.4, -0.2) is 26.5 Å². The van der Waals surface area contributed by atoms with Gasteiger partial charge in [0.2, 0.25) is 5.03 Å². The minimum absolute atomic E-state index is 0.419. The molecule has 14 heavy (non-hydrogen) atoms. The Morgan fingerprint density at radius 2 is 2.21 bits per heavy atom. The fraction of sp³-hybridized carbons (Fsp3) is 0.143. The molecule has 0 atom stereocenters. The molecule has 0 saturated heterocycles. The zero-order valence-corrected chi connectivity index (χ0v) is 7.91. The Kier molecular flexibility index (Phi) is 2.80. The van der Waals surface area contributed by atoms with Crippen molar-refractivity contribution in [2.45, 2.75) is 5.03 Å². The van der Waals surface area contributed by atoms with Crippen LogP contribution < -0.4 is 0 Å². The van der Waals surface area contributed by atoms with Gasteiger partial charge in [-0.1, -0.05) is 3.89 Å². The minimum atomic E-state index is -5.00. The van der Waals surface area contributed by atoms with Crippen molar-refractivity contribution in [3.05, 3.63) is 23.9 Å². The third kappa shape index (κ3) is 2.05. The molecule has 0 spiro atoms. The van der Waals surface area contributed by atoms with Gasteiger partial charge in [-0.05, 0) is 12.1 Å². The first-order valence-electron chi connectivity index (χ1n) is 3.45. The van der Waals surface area contributed by atoms with Gasteiger partial charge < -0.3 is 4.74 Å². The summed E-state index contributed by atoms with van der Waals surface area (Å²) in [7, 11) is -3.94. The summed E-state index contributed by atoms with van der Waals surface area (Å²) in [6.45, 7) is 0. The van der Waals surface area contributed by atoms with E-state index in [0.29, 0.717) is 0 Å². The normalized spacial score (nSPS) is 11.0. The molecule has 0 aromatic carbocycles. The Bertz CT molecular complexity index is 457. The Balaban J connectivity index is 3.38. The predicted octanol–water partition coefficient (Wildman–Crippen LogP) is 0.526. The third-order valence-electron chi connectivity index (χ3n) is 1.41. The lowest BCUT2D eigenvalue weighted by atomic mass is 10.3. The van der Waals surface area contributed by atoms with Crippen LogP contribution in [0.5, 0.6) is 0 Å². The van der Waals surface area contributed by atoms with Crippen LogP contribution in [0.15, 0.2) is 23.4 Å². The maximum Gasteiger partial charge on any atom is 0.350 e. The Labute approximate surface area is 79.7 Å². The molecule has 1 heterocycles. The van der Waals surface area contributed by atoms with Crippen molar-refractivity contribution in [2.75, 3.05) is 7.11 Å². The molecule has 0 saturated carbocycles. The van der Waals surface area contributed by atoms with E-state index in [1.54, 1.807) is 0 Å². The molecule has 5 nitrogen and oxygen atoms in total. The smallest absolute Gasteiger partial charge is 0.350 e. The summed E-state index contributed by atoms with van der Waals surface area (Å²) in [4.78, 5) is 14.2. The second-order valence-corrected chi connectivity index (χ2v) is 3.55. The maximum absolute atomic E-state index is 12.6. The summed E-state index contributed by atoms with van der Waals surface area (Å²) in [5.41, 5.74) is -0.419. The Hall–Kier alpha value is -1.50. The molecule has 0 N–H and O–H groups in total. The van der Waals surface area contributed by atoms with Gasteiger partial charge in [0.15, 0.2) is 0 Å². The van der Waals surface area contributed by atoms with E-state index in [-0.39, 0.29) is 0 Å². The molecule has 1 aromatic rings. The van der Waals surface area contributed by atoms with Crippen LogP contribution in [-0.2, 0) is 15.0 Å². The molecule has 0 unspecified atom stereocenters. The first kappa shape index (κ1) is 10.6. The van der Waals surface area contributed by atoms with Crippen LogP contribution in [0.25, 0.3) is 0 Å². The van der Waals surface area contributed by atoms with E-state index in [4.69, 9.17) is 0 Å². The number of carbonyl (C=O) groups excluding carboxylic acids is 1. The van der Waals surface area contributed by atoms with E-state index >= 15 is 0 Å². The molecule has 7 heteroatoms. The second kappa shape index (κ2) is 3.70. The average molecular weight is 219 g/mol. The third-order valence-corrected chi connectivity index (χ3v) is 2.19. The topological polar surface area (TPSA) is 73.3 Å². The van der Waals surface area contributed by atoms with E-state index < -0.39 is 26.8 Å². The molecule has 1 rings (SSSR count).